The normalized spacial score (nSPS) is 30.6. The van der Waals surface area contributed by atoms with Crippen molar-refractivity contribution in [3.63, 3.8) is 0 Å². The van der Waals surface area contributed by atoms with Gasteiger partial charge >= 0.3 is 0 Å². The van der Waals surface area contributed by atoms with Crippen molar-refractivity contribution in [1.29, 1.82) is 0 Å². The maximum atomic E-state index is 14.4. The van der Waals surface area contributed by atoms with Crippen LogP contribution in [0.3, 0.4) is 0 Å². The molecule has 4 atom stereocenters. The smallest absolute Gasteiger partial charge is 0.203 e. The third-order valence-corrected chi connectivity index (χ3v) is 10.00. The Morgan fingerprint density at radius 3 is 2.34 bits per heavy atom. The number of Topliss-reactive ketones (excluding diaryl/α,β-unsaturated/α-hetero) is 3. The van der Waals surface area contributed by atoms with E-state index < -0.39 is 56.8 Å². The highest BCUT2D eigenvalue weighted by Crippen LogP contribution is 2.65. The Balaban J connectivity index is 1.60. The van der Waals surface area contributed by atoms with Gasteiger partial charge in [-0.15, -0.1) is 0 Å². The second kappa shape index (κ2) is 8.52. The summed E-state index contributed by atoms with van der Waals surface area (Å²) < 4.78 is 0. The number of fused-ring (bicyclic) bond motifs is 4. The second-order valence-corrected chi connectivity index (χ2v) is 13.0. The van der Waals surface area contributed by atoms with Crippen LogP contribution < -0.4 is 0 Å². The third kappa shape index (κ3) is 3.32. The molecular weight excluding hydrogens is 520 g/mol. The molecule has 0 radical (unpaired) electrons. The van der Waals surface area contributed by atoms with E-state index in [0.717, 1.165) is 23.6 Å². The van der Waals surface area contributed by atoms with Crippen LogP contribution in [0.2, 0.25) is 0 Å². The number of rotatable bonds is 3. The molecule has 1 saturated carbocycles. The molecule has 7 heteroatoms. The van der Waals surface area contributed by atoms with Crippen LogP contribution in [-0.2, 0) is 27.2 Å². The summed E-state index contributed by atoms with van der Waals surface area (Å²) in [4.78, 5) is 40.6. The Morgan fingerprint density at radius 1 is 1.02 bits per heavy atom. The lowest BCUT2D eigenvalue weighted by molar-refractivity contribution is -0.178. The van der Waals surface area contributed by atoms with Crippen molar-refractivity contribution in [2.24, 2.45) is 22.7 Å². The van der Waals surface area contributed by atoms with Crippen LogP contribution in [0, 0.1) is 22.7 Å². The van der Waals surface area contributed by atoms with Crippen molar-refractivity contribution < 1.29 is 34.8 Å². The minimum absolute atomic E-state index is 0.0687. The average molecular weight is 555 g/mol. The maximum Gasteiger partial charge on any atom is 0.203 e. The molecule has 7 nitrogen and oxygen atoms in total. The number of aliphatic hydroxyl groups excluding tert-OH is 2. The molecular formula is C34H34O7. The highest BCUT2D eigenvalue weighted by Gasteiger charge is 2.72. The summed E-state index contributed by atoms with van der Waals surface area (Å²) in [5.41, 5.74) is -0.895. The van der Waals surface area contributed by atoms with Crippen LogP contribution in [0.4, 0.5) is 0 Å². The first-order valence-corrected chi connectivity index (χ1v) is 14.0. The molecule has 0 saturated heterocycles. The van der Waals surface area contributed by atoms with Crippen LogP contribution in [0.5, 0.6) is 5.75 Å². The van der Waals surface area contributed by atoms with Gasteiger partial charge < -0.3 is 20.4 Å². The van der Waals surface area contributed by atoms with Gasteiger partial charge in [0.2, 0.25) is 5.78 Å². The highest BCUT2D eigenvalue weighted by atomic mass is 16.3. The number of ketones is 3. The number of carbonyl (C=O) groups excluding carboxylic acids is 3. The van der Waals surface area contributed by atoms with Gasteiger partial charge in [0.25, 0.3) is 0 Å². The summed E-state index contributed by atoms with van der Waals surface area (Å²) in [6.07, 6.45) is 3.08. The standard InChI is InChI=1S/C34H34O7/c1-16(2)26-28(37)24(17(3)35)30(39)34(41)31(40)27-29(38)25-22(14-32(27,4)15-33(26,34)5)21(10-11-23(25)36)20-12-18-8-6-7-9-19(18)13-20/h6-12,16,26,36,38-39,41H,13-15H2,1-5H3/t26?,32-,33-,34+/m1/s1. The summed E-state index contributed by atoms with van der Waals surface area (Å²) in [5.74, 6) is -5.21. The van der Waals surface area contributed by atoms with Crippen molar-refractivity contribution in [3.05, 3.63) is 81.1 Å². The summed E-state index contributed by atoms with van der Waals surface area (Å²) in [6, 6.07) is 11.4. The van der Waals surface area contributed by atoms with Gasteiger partial charge in [0.15, 0.2) is 17.2 Å². The molecule has 2 aromatic rings. The lowest BCUT2D eigenvalue weighted by Gasteiger charge is -2.59. The number of phenols is 1. The van der Waals surface area contributed by atoms with E-state index in [1.54, 1.807) is 20.8 Å². The summed E-state index contributed by atoms with van der Waals surface area (Å²) in [7, 11) is 0. The zero-order valence-electron chi connectivity index (χ0n) is 23.8. The molecule has 0 spiro atoms. The van der Waals surface area contributed by atoms with Gasteiger partial charge in [-0.1, -0.05) is 64.1 Å². The van der Waals surface area contributed by atoms with Crippen LogP contribution in [-0.4, -0.2) is 43.4 Å². The summed E-state index contributed by atoms with van der Waals surface area (Å²) in [6.45, 7) is 8.14. The lowest BCUT2D eigenvalue weighted by atomic mass is 9.43. The fourth-order valence-corrected chi connectivity index (χ4v) is 8.47. The van der Waals surface area contributed by atoms with Crippen molar-refractivity contribution in [2.75, 3.05) is 0 Å². The summed E-state index contributed by atoms with van der Waals surface area (Å²) in [5, 5.41) is 46.2. The van der Waals surface area contributed by atoms with Crippen LogP contribution >= 0.6 is 0 Å². The molecule has 0 aliphatic heterocycles. The predicted octanol–water partition coefficient (Wildman–Crippen LogP) is 5.29. The lowest BCUT2D eigenvalue weighted by Crippen LogP contribution is -2.69. The number of aliphatic hydroxyl groups is 3. The van der Waals surface area contributed by atoms with Crippen LogP contribution in [0.1, 0.15) is 68.9 Å². The van der Waals surface area contributed by atoms with Crippen molar-refractivity contribution in [3.8, 4) is 5.75 Å². The van der Waals surface area contributed by atoms with E-state index in [9.17, 15) is 34.8 Å². The van der Waals surface area contributed by atoms with Gasteiger partial charge in [-0.2, -0.15) is 0 Å². The van der Waals surface area contributed by atoms with E-state index in [4.69, 9.17) is 0 Å². The van der Waals surface area contributed by atoms with E-state index in [0.29, 0.717) is 12.0 Å². The molecule has 4 N–H and O–H groups in total. The van der Waals surface area contributed by atoms with E-state index in [-0.39, 0.29) is 35.6 Å². The van der Waals surface area contributed by atoms with E-state index in [1.165, 1.54) is 11.6 Å². The topological polar surface area (TPSA) is 132 Å². The molecule has 0 amide bonds. The van der Waals surface area contributed by atoms with Gasteiger partial charge in [-0.3, -0.25) is 14.4 Å². The molecule has 212 valence electrons. The SMILES string of the molecule is CC(=O)C1=C(O)[C@]2(O)C(=O)C3=C(O)c4c(O)ccc(C5=Cc6ccccc6C5)c4C[C@]3(C)C[C@]2(C)C(C(C)C)C1=O. The number of hydrogen-bond donors (Lipinski definition) is 4. The van der Waals surface area contributed by atoms with Crippen molar-refractivity contribution in [2.45, 2.75) is 59.5 Å². The van der Waals surface area contributed by atoms with Gasteiger partial charge in [-0.25, -0.2) is 0 Å². The monoisotopic (exact) mass is 554 g/mol. The zero-order chi connectivity index (χ0) is 29.8. The Bertz CT molecular complexity index is 1690. The Hall–Kier alpha value is -3.97. The molecule has 4 aliphatic rings. The minimum atomic E-state index is -2.61. The fraction of sp³-hybridized carbons (Fsp3) is 0.382. The van der Waals surface area contributed by atoms with E-state index in [1.807, 2.05) is 31.2 Å². The Kier molecular flexibility index (Phi) is 5.66. The number of hydrogen-bond acceptors (Lipinski definition) is 7. The van der Waals surface area contributed by atoms with Gasteiger partial charge in [0.05, 0.1) is 5.56 Å². The number of phenolic OH excluding ortho intramolecular Hbond substituents is 1. The van der Waals surface area contributed by atoms with Crippen molar-refractivity contribution in [1.82, 2.24) is 0 Å². The zero-order valence-corrected chi connectivity index (χ0v) is 23.8. The van der Waals surface area contributed by atoms with Crippen LogP contribution in [0.15, 0.2) is 53.3 Å². The van der Waals surface area contributed by atoms with Crippen LogP contribution in [0.25, 0.3) is 17.4 Å². The van der Waals surface area contributed by atoms with Gasteiger partial charge in [0.1, 0.15) is 22.8 Å². The number of carbonyl (C=O) groups is 3. The first-order chi connectivity index (χ1) is 19.2. The molecule has 0 heterocycles. The molecule has 0 aromatic heterocycles. The van der Waals surface area contributed by atoms with E-state index in [2.05, 4.69) is 12.1 Å². The Labute approximate surface area is 238 Å². The molecule has 6 rings (SSSR count). The summed E-state index contributed by atoms with van der Waals surface area (Å²) >= 11 is 0. The molecule has 0 bridgehead atoms. The fourth-order valence-electron chi connectivity index (χ4n) is 8.47. The molecule has 1 unspecified atom stereocenters. The quantitative estimate of drug-likeness (QED) is 0.379. The third-order valence-electron chi connectivity index (χ3n) is 10.00. The number of allylic oxidation sites excluding steroid dienone is 2. The highest BCUT2D eigenvalue weighted by molar-refractivity contribution is 6.24. The minimum Gasteiger partial charge on any atom is -0.508 e. The van der Waals surface area contributed by atoms with E-state index >= 15 is 0 Å². The average Bonchev–Trinajstić information content (AvgIpc) is 3.30. The number of benzene rings is 2. The Morgan fingerprint density at radius 2 is 1.71 bits per heavy atom. The molecule has 1 fully saturated rings. The largest absolute Gasteiger partial charge is 0.508 e. The molecule has 4 aliphatic carbocycles. The molecule has 41 heavy (non-hydrogen) atoms. The van der Waals surface area contributed by atoms with Crippen molar-refractivity contribution >= 4 is 34.8 Å². The first kappa shape index (κ1) is 27.2. The predicted molar refractivity (Wildman–Crippen MR) is 154 cm³/mol. The van der Waals surface area contributed by atoms with Gasteiger partial charge in [0, 0.05) is 22.3 Å². The van der Waals surface area contributed by atoms with Gasteiger partial charge in [-0.05, 0) is 66.0 Å². The maximum absolute atomic E-state index is 14.4. The molecule has 2 aromatic carbocycles. The second-order valence-electron chi connectivity index (χ2n) is 13.0. The first-order valence-electron chi connectivity index (χ1n) is 14.0. The number of aromatic hydroxyl groups is 1.